The quantitative estimate of drug-likeness (QED) is 0.555. The van der Waals surface area contributed by atoms with Crippen molar-refractivity contribution < 1.29 is 10.2 Å². The fourth-order valence-electron chi connectivity index (χ4n) is 0.565. The zero-order chi connectivity index (χ0) is 6.69. The van der Waals surface area contributed by atoms with Crippen molar-refractivity contribution in [1.82, 2.24) is 9.55 Å². The molecule has 0 aliphatic rings. The van der Waals surface area contributed by atoms with Crippen LogP contribution in [0.25, 0.3) is 0 Å². The van der Waals surface area contributed by atoms with Crippen LogP contribution in [0.5, 0.6) is 0 Å². The first-order valence-electron chi connectivity index (χ1n) is 2.59. The van der Waals surface area contributed by atoms with Crippen molar-refractivity contribution in [2.75, 3.05) is 0 Å². The highest BCUT2D eigenvalue weighted by atomic mass is 16.3. The first-order valence-corrected chi connectivity index (χ1v) is 2.59. The van der Waals surface area contributed by atoms with E-state index in [1.807, 2.05) is 0 Å². The van der Waals surface area contributed by atoms with E-state index in [1.165, 1.54) is 10.9 Å². The van der Waals surface area contributed by atoms with Gasteiger partial charge in [0, 0.05) is 6.20 Å². The van der Waals surface area contributed by atoms with Crippen molar-refractivity contribution in [3.05, 3.63) is 18.2 Å². The molecule has 1 rings (SSSR count). The molecule has 1 aromatic rings. The molecule has 4 nitrogen and oxygen atoms in total. The zero-order valence-electron chi connectivity index (χ0n) is 4.86. The minimum Gasteiger partial charge on any atom is -0.390 e. The van der Waals surface area contributed by atoms with Crippen LogP contribution in [0.4, 0.5) is 0 Å². The Morgan fingerprint density at radius 1 is 1.56 bits per heavy atom. The van der Waals surface area contributed by atoms with E-state index in [9.17, 15) is 0 Å². The van der Waals surface area contributed by atoms with E-state index in [-0.39, 0.29) is 13.3 Å². The summed E-state index contributed by atoms with van der Waals surface area (Å²) in [5, 5.41) is 17.0. The van der Waals surface area contributed by atoms with Crippen LogP contribution in [-0.4, -0.2) is 19.8 Å². The van der Waals surface area contributed by atoms with E-state index in [4.69, 9.17) is 10.2 Å². The minimum absolute atomic E-state index is 0.0764. The van der Waals surface area contributed by atoms with Crippen LogP contribution in [-0.2, 0) is 13.3 Å². The summed E-state index contributed by atoms with van der Waals surface area (Å²) in [7, 11) is 0. The smallest absolute Gasteiger partial charge is 0.120 e. The van der Waals surface area contributed by atoms with E-state index in [0.29, 0.717) is 5.69 Å². The van der Waals surface area contributed by atoms with Gasteiger partial charge in [-0.05, 0) is 0 Å². The Morgan fingerprint density at radius 3 is 2.67 bits per heavy atom. The first-order chi connectivity index (χ1) is 4.36. The van der Waals surface area contributed by atoms with Crippen molar-refractivity contribution >= 4 is 0 Å². The maximum absolute atomic E-state index is 8.49. The lowest BCUT2D eigenvalue weighted by molar-refractivity contribution is 0.209. The number of hydrogen-bond donors (Lipinski definition) is 2. The number of aromatic nitrogens is 2. The van der Waals surface area contributed by atoms with Crippen molar-refractivity contribution in [3.8, 4) is 0 Å². The van der Waals surface area contributed by atoms with Crippen LogP contribution in [0.15, 0.2) is 12.5 Å². The molecule has 2 N–H and O–H groups in total. The van der Waals surface area contributed by atoms with E-state index in [1.54, 1.807) is 6.20 Å². The van der Waals surface area contributed by atoms with Crippen LogP contribution in [0.2, 0.25) is 0 Å². The summed E-state index contributed by atoms with van der Waals surface area (Å²) in [6, 6.07) is 0. The average Bonchev–Trinajstić information content (AvgIpc) is 2.34. The number of rotatable bonds is 2. The van der Waals surface area contributed by atoms with Crippen molar-refractivity contribution in [2.24, 2.45) is 0 Å². The minimum atomic E-state index is -0.0903. The molecule has 0 aliphatic carbocycles. The Labute approximate surface area is 52.4 Å². The van der Waals surface area contributed by atoms with Crippen LogP contribution in [0.1, 0.15) is 5.69 Å². The van der Waals surface area contributed by atoms with Crippen LogP contribution < -0.4 is 0 Å². The average molecular weight is 128 g/mol. The Balaban J connectivity index is 2.74. The monoisotopic (exact) mass is 128 g/mol. The van der Waals surface area contributed by atoms with E-state index >= 15 is 0 Å². The highest BCUT2D eigenvalue weighted by Gasteiger charge is 1.92. The molecule has 0 aliphatic heterocycles. The van der Waals surface area contributed by atoms with Gasteiger partial charge in [0.25, 0.3) is 0 Å². The molecule has 0 spiro atoms. The fraction of sp³-hybridized carbons (Fsp3) is 0.400. The molecule has 0 fully saturated rings. The third-order valence-corrected chi connectivity index (χ3v) is 1.01. The molecule has 1 aromatic heterocycles. The molecule has 0 saturated carbocycles. The lowest BCUT2D eigenvalue weighted by atomic mass is 10.5. The van der Waals surface area contributed by atoms with Gasteiger partial charge in [0.05, 0.1) is 18.6 Å². The van der Waals surface area contributed by atoms with E-state index in [2.05, 4.69) is 4.98 Å². The SMILES string of the molecule is OCc1cn(CO)cn1. The molecule has 4 heteroatoms. The van der Waals surface area contributed by atoms with Gasteiger partial charge in [-0.2, -0.15) is 0 Å². The van der Waals surface area contributed by atoms with Gasteiger partial charge in [-0.3, -0.25) is 0 Å². The second-order valence-corrected chi connectivity index (χ2v) is 1.68. The van der Waals surface area contributed by atoms with Gasteiger partial charge in [0.1, 0.15) is 6.73 Å². The lowest BCUT2D eigenvalue weighted by Crippen LogP contribution is -1.90. The summed E-state index contributed by atoms with van der Waals surface area (Å²) in [4.78, 5) is 3.76. The van der Waals surface area contributed by atoms with Crippen molar-refractivity contribution in [2.45, 2.75) is 13.3 Å². The molecule has 0 aromatic carbocycles. The molecule has 0 atom stereocenters. The highest BCUT2D eigenvalue weighted by molar-refractivity contribution is 4.93. The predicted octanol–water partition coefficient (Wildman–Crippen LogP) is -0.675. The van der Waals surface area contributed by atoms with Gasteiger partial charge in [-0.1, -0.05) is 0 Å². The normalized spacial score (nSPS) is 10.0. The maximum atomic E-state index is 8.49. The maximum Gasteiger partial charge on any atom is 0.120 e. The highest BCUT2D eigenvalue weighted by Crippen LogP contribution is 1.93. The molecule has 0 amide bonds. The zero-order valence-corrected chi connectivity index (χ0v) is 4.86. The third kappa shape index (κ3) is 1.28. The summed E-state index contributed by atoms with van der Waals surface area (Å²) in [5.74, 6) is 0. The van der Waals surface area contributed by atoms with Gasteiger partial charge < -0.3 is 14.8 Å². The number of aliphatic hydroxyl groups is 2. The lowest BCUT2D eigenvalue weighted by Gasteiger charge is -1.88. The summed E-state index contributed by atoms with van der Waals surface area (Å²) >= 11 is 0. The van der Waals surface area contributed by atoms with Crippen LogP contribution in [0, 0.1) is 0 Å². The topological polar surface area (TPSA) is 58.3 Å². The number of nitrogens with zero attached hydrogens (tertiary/aromatic N) is 2. The first kappa shape index (κ1) is 6.25. The number of hydrogen-bond acceptors (Lipinski definition) is 3. The van der Waals surface area contributed by atoms with Gasteiger partial charge in [-0.15, -0.1) is 0 Å². The Hall–Kier alpha value is -0.870. The van der Waals surface area contributed by atoms with E-state index in [0.717, 1.165) is 0 Å². The van der Waals surface area contributed by atoms with E-state index < -0.39 is 0 Å². The molecule has 0 bridgehead atoms. The largest absolute Gasteiger partial charge is 0.390 e. The summed E-state index contributed by atoms with van der Waals surface area (Å²) in [6.07, 6.45) is 3.05. The Morgan fingerprint density at radius 2 is 2.33 bits per heavy atom. The molecule has 50 valence electrons. The van der Waals surface area contributed by atoms with Gasteiger partial charge in [-0.25, -0.2) is 4.98 Å². The van der Waals surface area contributed by atoms with Crippen LogP contribution in [0.3, 0.4) is 0 Å². The van der Waals surface area contributed by atoms with Gasteiger partial charge >= 0.3 is 0 Å². The predicted molar refractivity (Wildman–Crippen MR) is 30.4 cm³/mol. The van der Waals surface area contributed by atoms with Crippen molar-refractivity contribution in [1.29, 1.82) is 0 Å². The second-order valence-electron chi connectivity index (χ2n) is 1.68. The molecular formula is C5H8N2O2. The Bertz CT molecular complexity index is 166. The molecular weight excluding hydrogens is 120 g/mol. The summed E-state index contributed by atoms with van der Waals surface area (Å²) in [6.45, 7) is -0.167. The second kappa shape index (κ2) is 2.61. The molecule has 0 radical (unpaired) electrons. The standard InChI is InChI=1S/C5H8N2O2/c8-2-5-1-7(4-9)3-6-5/h1,3,8-9H,2,4H2. The summed E-state index contributed by atoms with van der Waals surface area (Å²) < 4.78 is 1.48. The fourth-order valence-corrected chi connectivity index (χ4v) is 0.565. The number of imidazole rings is 1. The Kier molecular flexibility index (Phi) is 1.81. The van der Waals surface area contributed by atoms with Crippen molar-refractivity contribution in [3.63, 3.8) is 0 Å². The van der Waals surface area contributed by atoms with Crippen LogP contribution >= 0.6 is 0 Å². The molecule has 9 heavy (non-hydrogen) atoms. The van der Waals surface area contributed by atoms with Gasteiger partial charge in [0.2, 0.25) is 0 Å². The molecule has 0 unspecified atom stereocenters. The molecule has 0 saturated heterocycles. The summed E-state index contributed by atoms with van der Waals surface area (Å²) in [5.41, 5.74) is 0.573. The number of aliphatic hydroxyl groups excluding tert-OH is 2. The third-order valence-electron chi connectivity index (χ3n) is 1.01. The molecule has 1 heterocycles. The van der Waals surface area contributed by atoms with Gasteiger partial charge in [0.15, 0.2) is 0 Å².